The number of nitrogen functional groups attached to an aromatic ring is 1. The normalized spacial score (nSPS) is 10.1. The molecule has 0 aromatic heterocycles. The molecule has 0 aliphatic rings. The molecule has 0 bridgehead atoms. The minimum Gasteiger partial charge on any atom is -0.462 e. The largest absolute Gasteiger partial charge is 0.462 e. The van der Waals surface area contributed by atoms with E-state index in [0.717, 1.165) is 0 Å². The van der Waals surface area contributed by atoms with Crippen molar-refractivity contribution in [2.45, 2.75) is 13.8 Å². The van der Waals surface area contributed by atoms with Gasteiger partial charge in [0.2, 0.25) is 0 Å². The average Bonchev–Trinajstić information content (AvgIpc) is 2.16. The van der Waals surface area contributed by atoms with Crippen molar-refractivity contribution in [1.82, 2.24) is 0 Å². The number of carbonyl (C=O) groups is 1. The van der Waals surface area contributed by atoms with E-state index in [1.54, 1.807) is 13.8 Å². The van der Waals surface area contributed by atoms with Gasteiger partial charge in [-0.15, -0.1) is 0 Å². The molecule has 0 heterocycles. The van der Waals surface area contributed by atoms with Gasteiger partial charge in [-0.2, -0.15) is 0 Å². The molecule has 0 aliphatic heterocycles. The Kier molecular flexibility index (Phi) is 3.52. The monoisotopic (exact) mass is 231 g/mol. The third-order valence-electron chi connectivity index (χ3n) is 1.92. The van der Waals surface area contributed by atoms with Gasteiger partial charge in [-0.05, 0) is 25.5 Å². The molecule has 3 nitrogen and oxygen atoms in total. The van der Waals surface area contributed by atoms with Gasteiger partial charge in [-0.25, -0.2) is 9.18 Å². The Hall–Kier alpha value is -1.29. The Labute approximate surface area is 92.0 Å². The van der Waals surface area contributed by atoms with Crippen molar-refractivity contribution >= 4 is 23.3 Å². The summed E-state index contributed by atoms with van der Waals surface area (Å²) in [5, 5.41) is 0.132. The van der Waals surface area contributed by atoms with Gasteiger partial charge in [0.25, 0.3) is 0 Å². The number of benzene rings is 1. The van der Waals surface area contributed by atoms with E-state index in [1.165, 1.54) is 6.07 Å². The smallest absolute Gasteiger partial charge is 0.341 e. The molecule has 0 saturated carbocycles. The molecular formula is C10H11ClFNO2. The zero-order valence-corrected chi connectivity index (χ0v) is 9.19. The highest BCUT2D eigenvalue weighted by Crippen LogP contribution is 2.29. The Balaban J connectivity index is 3.32. The molecule has 15 heavy (non-hydrogen) atoms. The molecule has 0 atom stereocenters. The number of aryl methyl sites for hydroxylation is 1. The molecule has 82 valence electrons. The fourth-order valence-electron chi connectivity index (χ4n) is 1.17. The van der Waals surface area contributed by atoms with Crippen molar-refractivity contribution < 1.29 is 13.9 Å². The van der Waals surface area contributed by atoms with E-state index < -0.39 is 11.8 Å². The molecule has 0 unspecified atom stereocenters. The molecule has 0 spiro atoms. The summed E-state index contributed by atoms with van der Waals surface area (Å²) >= 11 is 5.85. The van der Waals surface area contributed by atoms with Crippen molar-refractivity contribution in [2.24, 2.45) is 0 Å². The van der Waals surface area contributed by atoms with Crippen LogP contribution >= 0.6 is 11.6 Å². The number of hydrogen-bond donors (Lipinski definition) is 1. The molecule has 0 radical (unpaired) electrons. The van der Waals surface area contributed by atoms with Gasteiger partial charge in [0.05, 0.1) is 17.3 Å². The fraction of sp³-hybridized carbons (Fsp3) is 0.300. The first-order valence-electron chi connectivity index (χ1n) is 4.40. The number of halogens is 2. The Bertz CT molecular complexity index is 381. The molecule has 0 amide bonds. The molecule has 1 aromatic rings. The van der Waals surface area contributed by atoms with Crippen molar-refractivity contribution in [3.05, 3.63) is 28.0 Å². The Morgan fingerprint density at radius 3 is 2.80 bits per heavy atom. The van der Waals surface area contributed by atoms with E-state index in [2.05, 4.69) is 0 Å². The predicted molar refractivity (Wildman–Crippen MR) is 56.5 cm³/mol. The third-order valence-corrected chi connectivity index (χ3v) is 2.40. The van der Waals surface area contributed by atoms with E-state index in [4.69, 9.17) is 22.1 Å². The van der Waals surface area contributed by atoms with E-state index in [1.807, 2.05) is 0 Å². The van der Waals surface area contributed by atoms with Crippen molar-refractivity contribution in [3.8, 4) is 0 Å². The van der Waals surface area contributed by atoms with E-state index in [0.29, 0.717) is 5.56 Å². The second kappa shape index (κ2) is 4.49. The van der Waals surface area contributed by atoms with Crippen LogP contribution in [0.15, 0.2) is 6.07 Å². The second-order valence-corrected chi connectivity index (χ2v) is 3.38. The number of nitrogens with two attached hydrogens (primary N) is 1. The average molecular weight is 232 g/mol. The van der Waals surface area contributed by atoms with Crippen LogP contribution in [0.3, 0.4) is 0 Å². The van der Waals surface area contributed by atoms with Gasteiger partial charge < -0.3 is 10.5 Å². The summed E-state index contributed by atoms with van der Waals surface area (Å²) in [6, 6.07) is 1.18. The van der Waals surface area contributed by atoms with Gasteiger partial charge in [0, 0.05) is 0 Å². The highest BCUT2D eigenvalue weighted by Gasteiger charge is 2.20. The molecule has 1 rings (SSSR count). The lowest BCUT2D eigenvalue weighted by Gasteiger charge is -2.10. The summed E-state index contributed by atoms with van der Waals surface area (Å²) < 4.78 is 18.0. The van der Waals surface area contributed by atoms with Crippen LogP contribution in [0.5, 0.6) is 0 Å². The molecule has 1 aromatic carbocycles. The number of ether oxygens (including phenoxy) is 1. The second-order valence-electron chi connectivity index (χ2n) is 3.00. The van der Waals surface area contributed by atoms with Crippen LogP contribution in [0, 0.1) is 12.7 Å². The van der Waals surface area contributed by atoms with E-state index in [9.17, 15) is 9.18 Å². The summed E-state index contributed by atoms with van der Waals surface area (Å²) in [6.07, 6.45) is 0. The molecular weight excluding hydrogens is 221 g/mol. The number of carbonyl (C=O) groups excluding carboxylic acids is 1. The standard InChI is InChI=1S/C10H11ClFNO2/c1-3-15-10(14)7-8(11)5(2)4-6(12)9(7)13/h4H,3,13H2,1-2H3. The Morgan fingerprint density at radius 1 is 1.67 bits per heavy atom. The summed E-state index contributed by atoms with van der Waals surface area (Å²) in [6.45, 7) is 3.42. The van der Waals surface area contributed by atoms with Crippen LogP contribution in [0.2, 0.25) is 5.02 Å². The van der Waals surface area contributed by atoms with Gasteiger partial charge in [-0.1, -0.05) is 11.6 Å². The lowest BCUT2D eigenvalue weighted by molar-refractivity contribution is 0.0527. The summed E-state index contributed by atoms with van der Waals surface area (Å²) in [5.74, 6) is -1.37. The highest BCUT2D eigenvalue weighted by molar-refractivity contribution is 6.35. The third kappa shape index (κ3) is 2.21. The number of anilines is 1. The quantitative estimate of drug-likeness (QED) is 0.629. The summed E-state index contributed by atoms with van der Waals surface area (Å²) in [7, 11) is 0. The zero-order valence-electron chi connectivity index (χ0n) is 8.43. The minimum absolute atomic E-state index is 0.101. The van der Waals surface area contributed by atoms with Gasteiger partial charge in [0.15, 0.2) is 0 Å². The predicted octanol–water partition coefficient (Wildman–Crippen LogP) is 2.55. The van der Waals surface area contributed by atoms with Crippen molar-refractivity contribution in [3.63, 3.8) is 0 Å². The van der Waals surface area contributed by atoms with Crippen LogP contribution in [0.4, 0.5) is 10.1 Å². The number of hydrogen-bond acceptors (Lipinski definition) is 3. The van der Waals surface area contributed by atoms with Crippen LogP contribution in [-0.4, -0.2) is 12.6 Å². The highest BCUT2D eigenvalue weighted by atomic mass is 35.5. The maximum absolute atomic E-state index is 13.2. The summed E-state index contributed by atoms with van der Waals surface area (Å²) in [5.41, 5.74) is 5.50. The van der Waals surface area contributed by atoms with Crippen LogP contribution in [0.1, 0.15) is 22.8 Å². The van der Waals surface area contributed by atoms with Gasteiger partial charge in [0.1, 0.15) is 11.4 Å². The minimum atomic E-state index is -0.706. The first kappa shape index (κ1) is 11.8. The molecule has 0 fully saturated rings. The van der Waals surface area contributed by atoms with Crippen LogP contribution in [-0.2, 0) is 4.74 Å². The fourth-order valence-corrected chi connectivity index (χ4v) is 1.40. The maximum Gasteiger partial charge on any atom is 0.341 e. The maximum atomic E-state index is 13.2. The number of rotatable bonds is 2. The van der Waals surface area contributed by atoms with Gasteiger partial charge in [-0.3, -0.25) is 0 Å². The Morgan fingerprint density at radius 2 is 2.27 bits per heavy atom. The first-order valence-corrected chi connectivity index (χ1v) is 4.78. The lowest BCUT2D eigenvalue weighted by Crippen LogP contribution is -2.11. The van der Waals surface area contributed by atoms with E-state index in [-0.39, 0.29) is 22.9 Å². The first-order chi connectivity index (χ1) is 6.99. The molecule has 2 N–H and O–H groups in total. The van der Waals surface area contributed by atoms with Crippen LogP contribution in [0.25, 0.3) is 0 Å². The molecule has 0 aliphatic carbocycles. The van der Waals surface area contributed by atoms with Crippen LogP contribution < -0.4 is 5.73 Å². The summed E-state index contributed by atoms with van der Waals surface area (Å²) in [4.78, 5) is 11.4. The van der Waals surface area contributed by atoms with E-state index >= 15 is 0 Å². The topological polar surface area (TPSA) is 52.3 Å². The van der Waals surface area contributed by atoms with Gasteiger partial charge >= 0.3 is 5.97 Å². The SMILES string of the molecule is CCOC(=O)c1c(N)c(F)cc(C)c1Cl. The molecule has 5 heteroatoms. The van der Waals surface area contributed by atoms with Crippen molar-refractivity contribution in [1.29, 1.82) is 0 Å². The molecule has 0 saturated heterocycles. The number of esters is 1. The zero-order chi connectivity index (χ0) is 11.6. The van der Waals surface area contributed by atoms with Crippen molar-refractivity contribution in [2.75, 3.05) is 12.3 Å². The lowest BCUT2D eigenvalue weighted by atomic mass is 10.1.